The molecule has 2 fully saturated rings. The normalized spacial score (nSPS) is 13.9. The van der Waals surface area contributed by atoms with Gasteiger partial charge in [-0.2, -0.15) is 13.7 Å². The van der Waals surface area contributed by atoms with Crippen molar-refractivity contribution in [3.63, 3.8) is 0 Å². The van der Waals surface area contributed by atoms with Crippen molar-refractivity contribution in [3.05, 3.63) is 40.0 Å². The van der Waals surface area contributed by atoms with Gasteiger partial charge in [-0.3, -0.25) is 14.1 Å². The third-order valence-corrected chi connectivity index (χ3v) is 8.62. The van der Waals surface area contributed by atoms with Crippen LogP contribution in [-0.2, 0) is 32.5 Å². The highest BCUT2D eigenvalue weighted by atomic mass is 35.7. The number of halogens is 2. The Balaban J connectivity index is 0. The van der Waals surface area contributed by atoms with E-state index in [1.807, 2.05) is 31.9 Å². The zero-order chi connectivity index (χ0) is 32.6. The van der Waals surface area contributed by atoms with Gasteiger partial charge in [-0.15, -0.1) is 0 Å². The van der Waals surface area contributed by atoms with Crippen LogP contribution in [0.2, 0.25) is 0 Å². The first kappa shape index (κ1) is 43.6. The van der Waals surface area contributed by atoms with Crippen molar-refractivity contribution >= 4 is 51.6 Å². The van der Waals surface area contributed by atoms with Gasteiger partial charge in [-0.05, 0) is 59.4 Å². The minimum atomic E-state index is -4.19. The summed E-state index contributed by atoms with van der Waals surface area (Å²) in [7, 11) is 5.16. The molecule has 4 heterocycles. The average Bonchev–Trinajstić information content (AvgIpc) is 3.67. The molecule has 0 bridgehead atoms. The van der Waals surface area contributed by atoms with E-state index in [4.69, 9.17) is 28.9 Å². The van der Waals surface area contributed by atoms with Crippen molar-refractivity contribution in [2.45, 2.75) is 80.1 Å². The van der Waals surface area contributed by atoms with Gasteiger partial charge < -0.3 is 18.9 Å². The smallest absolute Gasteiger partial charge is 0.351 e. The second kappa shape index (κ2) is 18.4. The van der Waals surface area contributed by atoms with E-state index in [9.17, 15) is 18.0 Å². The monoisotopic (exact) mass is 699 g/mol. The Bertz CT molecular complexity index is 1520. The third-order valence-electron chi connectivity index (χ3n) is 7.17. The van der Waals surface area contributed by atoms with Crippen LogP contribution in [0.1, 0.15) is 91.0 Å². The molecule has 2 aromatic rings. The molecule has 252 valence electrons. The summed E-state index contributed by atoms with van der Waals surface area (Å²) < 4.78 is 52.4. The molecule has 0 unspecified atom stereocenters. The van der Waals surface area contributed by atoms with Crippen LogP contribution in [0.15, 0.2) is 11.0 Å². The van der Waals surface area contributed by atoms with E-state index in [2.05, 4.69) is 15.2 Å². The molecule has 0 aromatic carbocycles. The van der Waals surface area contributed by atoms with Crippen molar-refractivity contribution < 1.29 is 31.0 Å². The number of aromatic nitrogens is 2. The summed E-state index contributed by atoms with van der Waals surface area (Å²) >= 11 is 0. The molecule has 0 saturated carbocycles. The van der Waals surface area contributed by atoms with E-state index < -0.39 is 18.4 Å². The van der Waals surface area contributed by atoms with Gasteiger partial charge in [0.2, 0.25) is 0 Å². The molecule has 2 aromatic heterocycles. The molecule has 0 atom stereocenters. The summed E-state index contributed by atoms with van der Waals surface area (Å²) in [6, 6.07) is 3.75. The standard InChI is InChI=1S/C12H17ClN2O3S.C12H18N2O.C2H3N.2CH4.ClHO3S/c1-8-10(12(16)15-6-4-5-7-15)11(19(13,17)18)9(2)14(8)3;1-9-8-11(10(2)13(9)3)12(15)14-6-4-5-7-14;1-2-3;;;1-5(2,3)4/h4-7H2,1-3H3;8H,4-7H2,1-3H3;1H3;2*1H4;(H,2,3,4). The van der Waals surface area contributed by atoms with Crippen molar-refractivity contribution in [1.29, 1.82) is 5.26 Å². The fourth-order valence-electron chi connectivity index (χ4n) is 4.71. The van der Waals surface area contributed by atoms with Crippen LogP contribution >= 0.6 is 21.4 Å². The molecule has 4 rings (SSSR count). The highest BCUT2D eigenvalue weighted by Crippen LogP contribution is 2.30. The number of carbonyl (C=O) groups excluding carboxylic acids is 2. The number of amides is 2. The zero-order valence-electron chi connectivity index (χ0n) is 24.9. The Kier molecular flexibility index (Phi) is 18.2. The number of likely N-dealkylation sites (tertiary alicyclic amines) is 2. The number of aryl methyl sites for hydroxylation is 1. The van der Waals surface area contributed by atoms with Gasteiger partial charge in [-0.25, -0.2) is 8.42 Å². The third kappa shape index (κ3) is 12.1. The van der Waals surface area contributed by atoms with E-state index in [1.54, 1.807) is 36.4 Å². The number of rotatable bonds is 3. The van der Waals surface area contributed by atoms with Crippen molar-refractivity contribution in [3.8, 4) is 6.07 Å². The number of carbonyl (C=O) groups is 2. The molecule has 0 aliphatic carbocycles. The van der Waals surface area contributed by atoms with Crippen LogP contribution in [0.25, 0.3) is 0 Å². The van der Waals surface area contributed by atoms with Gasteiger partial charge in [0.05, 0.1) is 17.2 Å². The molecule has 2 aliphatic rings. The van der Waals surface area contributed by atoms with Gasteiger partial charge in [0.1, 0.15) is 4.90 Å². The van der Waals surface area contributed by atoms with Crippen LogP contribution in [0.5, 0.6) is 0 Å². The lowest BCUT2D eigenvalue weighted by Crippen LogP contribution is -2.29. The second-order valence-corrected chi connectivity index (χ2v) is 14.3. The van der Waals surface area contributed by atoms with Gasteiger partial charge in [-0.1, -0.05) is 14.9 Å². The summed E-state index contributed by atoms with van der Waals surface area (Å²) in [6.07, 6.45) is 4.21. The van der Waals surface area contributed by atoms with Gasteiger partial charge >= 0.3 is 9.33 Å². The van der Waals surface area contributed by atoms with E-state index in [1.165, 1.54) is 6.92 Å². The highest BCUT2D eigenvalue weighted by Gasteiger charge is 2.32. The van der Waals surface area contributed by atoms with E-state index >= 15 is 0 Å². The first-order valence-electron chi connectivity index (χ1n) is 13.1. The predicted octanol–water partition coefficient (Wildman–Crippen LogP) is 5.51. The maximum atomic E-state index is 12.5. The largest absolute Gasteiger partial charge is 0.353 e. The van der Waals surface area contributed by atoms with Crippen molar-refractivity contribution in [2.24, 2.45) is 14.1 Å². The maximum Gasteiger partial charge on any atom is 0.353 e. The van der Waals surface area contributed by atoms with E-state index in [0.29, 0.717) is 24.5 Å². The van der Waals surface area contributed by atoms with Crippen molar-refractivity contribution in [1.82, 2.24) is 18.9 Å². The molecule has 1 N–H and O–H groups in total. The van der Waals surface area contributed by atoms with Crippen LogP contribution in [-0.4, -0.2) is 78.3 Å². The summed E-state index contributed by atoms with van der Waals surface area (Å²) in [6.45, 7) is 12.1. The Hall–Kier alpha value is -2.57. The Morgan fingerprint density at radius 1 is 0.795 bits per heavy atom. The maximum absolute atomic E-state index is 12.5. The molecular weight excluding hydrogens is 653 g/mol. The second-order valence-electron chi connectivity index (χ2n) is 9.85. The van der Waals surface area contributed by atoms with Gasteiger partial charge in [0.15, 0.2) is 0 Å². The predicted molar refractivity (Wildman–Crippen MR) is 175 cm³/mol. The lowest BCUT2D eigenvalue weighted by Gasteiger charge is -2.15. The molecular formula is C28H47Cl2N5O7S2. The molecule has 0 radical (unpaired) electrons. The Labute approximate surface area is 272 Å². The minimum Gasteiger partial charge on any atom is -0.351 e. The van der Waals surface area contributed by atoms with Crippen molar-refractivity contribution in [2.75, 3.05) is 26.2 Å². The molecule has 44 heavy (non-hydrogen) atoms. The number of nitriles is 1. The zero-order valence-corrected chi connectivity index (χ0v) is 28.1. The summed E-state index contributed by atoms with van der Waals surface area (Å²) in [5.74, 6) is -0.0355. The highest BCUT2D eigenvalue weighted by molar-refractivity contribution is 8.13. The molecule has 2 amide bonds. The topological polar surface area (TPSA) is 163 Å². The van der Waals surface area contributed by atoms with Crippen LogP contribution in [0.4, 0.5) is 0 Å². The van der Waals surface area contributed by atoms with E-state index in [-0.39, 0.29) is 37.1 Å². The van der Waals surface area contributed by atoms with Crippen LogP contribution < -0.4 is 0 Å². The summed E-state index contributed by atoms with van der Waals surface area (Å²) in [4.78, 5) is 28.2. The molecule has 12 nitrogen and oxygen atoms in total. The Morgan fingerprint density at radius 3 is 1.48 bits per heavy atom. The molecule has 2 aliphatic heterocycles. The molecule has 0 spiro atoms. The SMILES string of the molecule is C.C.CC#N.Cc1c(C(=O)N2CCCC2)c(S(=O)(=O)Cl)c(C)n1C.Cc1cc(C(=O)N2CCCC2)c(C)n1C.O=S(=O)(O)Cl. The lowest BCUT2D eigenvalue weighted by atomic mass is 10.2. The van der Waals surface area contributed by atoms with Crippen LogP contribution in [0.3, 0.4) is 0 Å². The molecule has 2 saturated heterocycles. The Morgan fingerprint density at radius 2 is 1.16 bits per heavy atom. The number of nitrogens with zero attached hydrogens (tertiary/aromatic N) is 5. The number of hydrogen-bond acceptors (Lipinski definition) is 7. The van der Waals surface area contributed by atoms with E-state index in [0.717, 1.165) is 55.7 Å². The fourth-order valence-corrected chi connectivity index (χ4v) is 6.24. The lowest BCUT2D eigenvalue weighted by molar-refractivity contribution is 0.0782. The quantitative estimate of drug-likeness (QED) is 0.324. The van der Waals surface area contributed by atoms with Crippen LogP contribution in [0, 0.1) is 39.0 Å². The molecule has 16 heteroatoms. The van der Waals surface area contributed by atoms with Gasteiger partial charge in [0, 0.05) is 91.3 Å². The number of hydrogen-bond donors (Lipinski definition) is 1. The first-order valence-corrected chi connectivity index (χ1v) is 17.6. The fraction of sp³-hybridized carbons (Fsp3) is 0.607. The summed E-state index contributed by atoms with van der Waals surface area (Å²) in [5, 5.41) is 7.32. The van der Waals surface area contributed by atoms with Gasteiger partial charge in [0.25, 0.3) is 20.9 Å². The first-order chi connectivity index (χ1) is 19.3. The summed E-state index contributed by atoms with van der Waals surface area (Å²) in [5.41, 5.74) is 4.44. The minimum absolute atomic E-state index is 0. The average molecular weight is 701 g/mol.